The van der Waals surface area contributed by atoms with E-state index < -0.39 is 238 Å². The predicted molar refractivity (Wildman–Crippen MR) is 475 cm³/mol. The Morgan fingerprint density at radius 1 is 0.259 bits per heavy atom. The molecule has 0 spiro atoms. The first-order chi connectivity index (χ1) is 68.5. The fourth-order valence-corrected chi connectivity index (χ4v) is 12.9. The van der Waals surface area contributed by atoms with Crippen LogP contribution in [0.1, 0.15) is 235 Å². The quantitative estimate of drug-likeness (QED) is 0.0153. The molecule has 0 aromatic heterocycles. The van der Waals surface area contributed by atoms with E-state index in [4.69, 9.17) is 155 Å². The number of carboxylic acids is 6. The van der Waals surface area contributed by atoms with E-state index in [1.165, 1.54) is 0 Å². The highest BCUT2D eigenvalue weighted by atomic mass is 19.4. The highest BCUT2D eigenvalue weighted by Gasteiger charge is 2.60. The van der Waals surface area contributed by atoms with Crippen molar-refractivity contribution in [1.29, 1.82) is 0 Å². The topological polar surface area (TPSA) is 704 Å². The van der Waals surface area contributed by atoms with Crippen LogP contribution in [0.4, 0.5) is 113 Å². The van der Waals surface area contributed by atoms with Crippen molar-refractivity contribution in [3.8, 4) is 0 Å². The van der Waals surface area contributed by atoms with Gasteiger partial charge in [0.15, 0.2) is 49.4 Å². The van der Waals surface area contributed by atoms with E-state index in [9.17, 15) is 113 Å². The minimum Gasteiger partial charge on any atom is -0.475 e. The van der Waals surface area contributed by atoms with Crippen LogP contribution in [0.3, 0.4) is 0 Å². The number of halogens is 18. The zero-order valence-corrected chi connectivity index (χ0v) is 82.1. The van der Waals surface area contributed by atoms with E-state index in [0.717, 1.165) is 135 Å². The second-order valence-electron chi connectivity index (χ2n) is 32.7. The van der Waals surface area contributed by atoms with Crippen LogP contribution < -0.4 is 71.6 Å². The predicted octanol–water partition coefficient (Wildman–Crippen LogP) is 11.1. The maximum Gasteiger partial charge on any atom is 0.490 e. The van der Waals surface area contributed by atoms with Crippen molar-refractivity contribution < 1.29 is 234 Å². The van der Waals surface area contributed by atoms with Gasteiger partial charge in [0.2, 0.25) is 0 Å². The Morgan fingerprint density at radius 2 is 0.456 bits per heavy atom. The highest BCUT2D eigenvalue weighted by molar-refractivity contribution is 5.76. The Kier molecular flexibility index (Phi) is 72.6. The zero-order valence-electron chi connectivity index (χ0n) is 82.1. The van der Waals surface area contributed by atoms with Crippen LogP contribution in [0.15, 0.2) is 0 Å². The van der Waals surface area contributed by atoms with Gasteiger partial charge < -0.3 is 164 Å². The molecule has 3 saturated heterocycles. The number of unbranched alkanes of at least 4 members (excludes halogenated alkanes) is 21. The van der Waals surface area contributed by atoms with Gasteiger partial charge in [-0.15, -0.1) is 0 Å². The lowest BCUT2D eigenvalue weighted by molar-refractivity contribution is -0.305. The lowest BCUT2D eigenvalue weighted by Gasteiger charge is -2.48. The van der Waals surface area contributed by atoms with Gasteiger partial charge in [-0.2, -0.15) is 79.0 Å². The molecule has 0 radical (unpaired) electrons. The number of carbonyl (C=O) groups excluding carboxylic acids is 7. The van der Waals surface area contributed by atoms with E-state index in [2.05, 4.69) is 85.7 Å². The fraction of sp³-hybridized carbons (Fsp3) is 0.845. The number of carboxylic acid groups (broad SMARTS) is 6. The van der Waals surface area contributed by atoms with Crippen molar-refractivity contribution in [2.24, 2.45) is 34.4 Å². The third-order valence-corrected chi connectivity index (χ3v) is 20.4. The highest BCUT2D eigenvalue weighted by Crippen LogP contribution is 2.39. The number of hydrogen-bond acceptors (Lipinski definition) is 32. The van der Waals surface area contributed by atoms with Gasteiger partial charge in [-0.1, -0.05) is 183 Å². The summed E-state index contributed by atoms with van der Waals surface area (Å²) in [5.74, 6) is -16.5. The van der Waals surface area contributed by atoms with Crippen LogP contribution in [-0.2, 0) is 90.3 Å². The molecule has 862 valence electrons. The minimum atomic E-state index is -5.08. The van der Waals surface area contributed by atoms with Gasteiger partial charge in [-0.05, 0) is 51.4 Å². The molecule has 45 nitrogen and oxygen atoms in total. The number of carbonyl (C=O) groups is 13. The van der Waals surface area contributed by atoms with Gasteiger partial charge in [0.05, 0.1) is 12.1 Å². The van der Waals surface area contributed by atoms with E-state index in [1.54, 1.807) is 0 Å². The molecule has 4 aliphatic rings. The Hall–Kier alpha value is -10.0. The number of rotatable bonds is 51. The number of nitrogens with two attached hydrogens (primary N) is 6. The van der Waals surface area contributed by atoms with E-state index >= 15 is 0 Å². The van der Waals surface area contributed by atoms with Crippen LogP contribution in [-0.4, -0.2) is 328 Å². The van der Waals surface area contributed by atoms with Crippen molar-refractivity contribution in [3.63, 3.8) is 0 Å². The molecule has 0 bridgehead atoms. The molecule has 3 heterocycles. The Bertz CT molecular complexity index is 3550. The number of nitrogens with one attached hydrogen (secondary N) is 7. The van der Waals surface area contributed by atoms with E-state index in [1.807, 2.05) is 0 Å². The Labute approximate surface area is 834 Å². The smallest absolute Gasteiger partial charge is 0.475 e. The molecular weight excluding hydrogens is 2040 g/mol. The van der Waals surface area contributed by atoms with Gasteiger partial charge >= 0.3 is 116 Å². The van der Waals surface area contributed by atoms with E-state index in [-0.39, 0.29) is 58.8 Å². The minimum absolute atomic E-state index is 0.0852. The zero-order chi connectivity index (χ0) is 113. The first kappa shape index (κ1) is 141. The molecule has 0 aromatic carbocycles. The Morgan fingerprint density at radius 3 is 0.687 bits per heavy atom. The summed E-state index contributed by atoms with van der Waals surface area (Å²) in [5, 5.41) is 62.2. The molecule has 147 heavy (non-hydrogen) atoms. The van der Waals surface area contributed by atoms with Gasteiger partial charge in [-0.25, -0.2) is 62.3 Å². The number of alkyl halides is 18. The second-order valence-corrected chi connectivity index (χ2v) is 32.7. The van der Waals surface area contributed by atoms with Crippen molar-refractivity contribution in [3.05, 3.63) is 0 Å². The summed E-state index contributed by atoms with van der Waals surface area (Å²) >= 11 is 0. The maximum absolute atomic E-state index is 14.5. The molecule has 1 aliphatic carbocycles. The van der Waals surface area contributed by atoms with Crippen LogP contribution in [0.2, 0.25) is 0 Å². The van der Waals surface area contributed by atoms with Crippen molar-refractivity contribution in [2.75, 3.05) is 65.5 Å². The molecular formula is C84H143F18N13O32. The summed E-state index contributed by atoms with van der Waals surface area (Å²) in [4.78, 5) is 151. The van der Waals surface area contributed by atoms with Crippen LogP contribution >= 0.6 is 0 Å². The third-order valence-electron chi connectivity index (χ3n) is 20.4. The molecule has 4 rings (SSSR count). The SMILES string of the molecule is CCCCCCNC(=O)OC[C@H]1O[C@@H](O[C@@H]2[C@@H](OC(=O)NCCCCCC)[C@H](N)C[C@H](N)[C@H]2O[C@H]2O[C@H](CN)[C@@H](OC(=O)NCCCCCC)[C@H](OC(=O)NCCCCCC)[C@H]2N)[C@H](OC(=O)NCCCCCC)[C@@H]1O[C@H]1O[C@@H](CN)[C@@H](OC(=O)NCCCCCC)[C@H](OC(=O)NCCCCCC)[C@H]1N.O=C(O)C(F)(F)F.O=C(O)C(F)(F)F.O=C(O)C(F)(F)F.O=C(O)C(F)(F)F.O=C(O)C(F)(F)F.O=C(O)C(F)(F)F. The summed E-state index contributed by atoms with van der Waals surface area (Å²) in [6.45, 7) is 15.0. The molecule has 0 aromatic rings. The molecule has 7 amide bonds. The number of hydrogen-bond donors (Lipinski definition) is 19. The van der Waals surface area contributed by atoms with Crippen LogP contribution in [0.25, 0.3) is 0 Å². The van der Waals surface area contributed by atoms with Crippen molar-refractivity contribution in [1.82, 2.24) is 37.2 Å². The van der Waals surface area contributed by atoms with Crippen molar-refractivity contribution >= 4 is 78.5 Å². The van der Waals surface area contributed by atoms with E-state index in [0.29, 0.717) is 51.5 Å². The maximum atomic E-state index is 14.5. The summed E-state index contributed by atoms with van der Waals surface area (Å²) in [5.41, 5.74) is 41.2. The molecule has 4 fully saturated rings. The van der Waals surface area contributed by atoms with Gasteiger partial charge in [-0.3, -0.25) is 0 Å². The van der Waals surface area contributed by atoms with Gasteiger partial charge in [0.1, 0.15) is 49.3 Å². The first-order valence-corrected chi connectivity index (χ1v) is 47.2. The average Bonchev–Trinajstić information content (AvgIpc) is 1.68. The third kappa shape index (κ3) is 63.5. The second kappa shape index (κ2) is 75.6. The lowest BCUT2D eigenvalue weighted by Crippen LogP contribution is -2.70. The molecule has 3 aliphatic heterocycles. The summed E-state index contributed by atoms with van der Waals surface area (Å²) in [6.07, 6.45) is -35.8. The fourth-order valence-electron chi connectivity index (χ4n) is 12.9. The number of amides is 7. The average molecular weight is 2190 g/mol. The molecule has 63 heteroatoms. The van der Waals surface area contributed by atoms with Crippen LogP contribution in [0, 0.1) is 0 Å². The van der Waals surface area contributed by atoms with Crippen molar-refractivity contribution in [2.45, 2.75) is 388 Å². The Balaban J connectivity index is -0.00000407. The molecule has 25 N–H and O–H groups in total. The molecule has 0 unspecified atom stereocenters. The lowest BCUT2D eigenvalue weighted by atomic mass is 9.84. The standard InChI is InChI=1S/C72H137N13O20.6C2HF3O2/c1-8-15-22-29-36-79-66(86)93-46-51-58(98-64-53(78)60(104-71(91)84-41-34-27-20-13-6)57(50(45-74)95-64)102-69(89)82-39-32-25-18-11-4)62(105-72(92)85-42-35-28-21-14-7)65(96-51)99-61-54(47(75)43-48(76)55(61)100-67(87)80-37-30-23-16-9-2)97-63-52(77)59(103-70(90)83-40-33-26-19-12-5)56(49(44-73)94-63)101-68(88)81-38-31-24-17-10-3;6*3-2(4,5)1(6)7/h47-65H,8-46,73-78H2,1-7H3,(H,79,86)(H,80,87)(H,81,88)(H,82,89)(H,83,90)(H,84,91)(H,85,92);6*(H,6,7)/t47-,48+,49+,50-,51+,52+,53+,54+,55-,56+,57+,58+,59+,60+,61-,62+,63+,64+,65-;;;;;;/m0....../s1. The number of ether oxygens (including phenoxy) is 13. The number of aliphatic carboxylic acids is 6. The summed E-state index contributed by atoms with van der Waals surface area (Å²) in [6, 6.07) is -5.21. The monoisotopic (exact) mass is 2190 g/mol. The molecule has 1 saturated carbocycles. The molecule has 19 atom stereocenters. The summed E-state index contributed by atoms with van der Waals surface area (Å²) < 4.78 is 274. The summed E-state index contributed by atoms with van der Waals surface area (Å²) in [7, 11) is 0. The van der Waals surface area contributed by atoms with Gasteiger partial charge in [0, 0.05) is 71.0 Å². The van der Waals surface area contributed by atoms with Gasteiger partial charge in [0.25, 0.3) is 0 Å². The number of alkyl carbamates (subject to hydrolysis) is 7. The first-order valence-electron chi connectivity index (χ1n) is 47.2. The largest absolute Gasteiger partial charge is 0.490 e. The normalized spacial score (nSPS) is 23.2. The van der Waals surface area contributed by atoms with Crippen LogP contribution in [0.5, 0.6) is 0 Å².